The summed E-state index contributed by atoms with van der Waals surface area (Å²) in [6, 6.07) is 6.29. The number of ether oxygens (including phenoxy) is 1. The molecule has 0 aromatic heterocycles. The van der Waals surface area contributed by atoms with Crippen molar-refractivity contribution in [3.05, 3.63) is 28.2 Å². The van der Waals surface area contributed by atoms with Gasteiger partial charge in [0.1, 0.15) is 5.75 Å². The van der Waals surface area contributed by atoms with Crippen molar-refractivity contribution in [3.8, 4) is 5.75 Å². The Morgan fingerprint density at radius 3 is 2.62 bits per heavy atom. The summed E-state index contributed by atoms with van der Waals surface area (Å²) in [5.41, 5.74) is 1.59. The van der Waals surface area contributed by atoms with E-state index in [0.29, 0.717) is 0 Å². The Bertz CT molecular complexity index is 467. The lowest BCUT2D eigenvalue weighted by Crippen LogP contribution is -2.40. The van der Waals surface area contributed by atoms with Crippen LogP contribution in [0.2, 0.25) is 0 Å². The summed E-state index contributed by atoms with van der Waals surface area (Å²) in [6.07, 6.45) is 5.21. The Morgan fingerprint density at radius 1 is 1.24 bits per heavy atom. The van der Waals surface area contributed by atoms with Gasteiger partial charge in [0.25, 0.3) is 0 Å². The summed E-state index contributed by atoms with van der Waals surface area (Å²) in [4.78, 5) is 0. The highest BCUT2D eigenvalue weighted by Gasteiger charge is 2.28. The largest absolute Gasteiger partial charge is 0.497 e. The van der Waals surface area contributed by atoms with Gasteiger partial charge in [0.05, 0.1) is 7.11 Å². The molecular weight excluding hydrogens is 326 g/mol. The zero-order chi connectivity index (χ0) is 15.5. The van der Waals surface area contributed by atoms with Crippen LogP contribution >= 0.6 is 15.9 Å². The minimum atomic E-state index is 0.212. The average Bonchev–Trinajstić information content (AvgIpc) is 2.85. The van der Waals surface area contributed by atoms with Gasteiger partial charge in [-0.2, -0.15) is 0 Å². The molecule has 3 heteroatoms. The van der Waals surface area contributed by atoms with E-state index >= 15 is 0 Å². The van der Waals surface area contributed by atoms with Crippen LogP contribution in [0.15, 0.2) is 22.7 Å². The van der Waals surface area contributed by atoms with Crippen molar-refractivity contribution in [2.24, 2.45) is 11.8 Å². The van der Waals surface area contributed by atoms with E-state index in [1.54, 1.807) is 7.11 Å². The monoisotopic (exact) mass is 353 g/mol. The fourth-order valence-electron chi connectivity index (χ4n) is 3.21. The van der Waals surface area contributed by atoms with Crippen molar-refractivity contribution in [1.82, 2.24) is 5.32 Å². The molecule has 1 aromatic carbocycles. The minimum absolute atomic E-state index is 0.212. The minimum Gasteiger partial charge on any atom is -0.497 e. The lowest BCUT2D eigenvalue weighted by atomic mass is 9.89. The van der Waals surface area contributed by atoms with Crippen LogP contribution < -0.4 is 10.1 Å². The Morgan fingerprint density at radius 2 is 1.95 bits per heavy atom. The summed E-state index contributed by atoms with van der Waals surface area (Å²) in [6.45, 7) is 7.87. The van der Waals surface area contributed by atoms with Crippen LogP contribution in [-0.4, -0.2) is 19.2 Å². The van der Waals surface area contributed by atoms with Gasteiger partial charge in [-0.05, 0) is 82.2 Å². The highest BCUT2D eigenvalue weighted by atomic mass is 79.9. The smallest absolute Gasteiger partial charge is 0.119 e. The predicted octanol–water partition coefficient (Wildman–Crippen LogP) is 4.80. The van der Waals surface area contributed by atoms with Gasteiger partial charge in [0, 0.05) is 10.0 Å². The quantitative estimate of drug-likeness (QED) is 0.820. The van der Waals surface area contributed by atoms with Gasteiger partial charge in [-0.1, -0.05) is 22.4 Å². The van der Waals surface area contributed by atoms with Crippen LogP contribution in [0.4, 0.5) is 0 Å². The number of hydrogen-bond donors (Lipinski definition) is 1. The molecule has 1 fully saturated rings. The normalized spacial score (nSPS) is 22.5. The van der Waals surface area contributed by atoms with Crippen molar-refractivity contribution in [2.75, 3.05) is 13.7 Å². The van der Waals surface area contributed by atoms with Crippen molar-refractivity contribution in [1.29, 1.82) is 0 Å². The number of rotatable bonds is 5. The molecule has 118 valence electrons. The Labute approximate surface area is 137 Å². The van der Waals surface area contributed by atoms with Crippen LogP contribution in [0.3, 0.4) is 0 Å². The molecule has 1 aliphatic carbocycles. The maximum absolute atomic E-state index is 5.36. The molecule has 2 unspecified atom stereocenters. The van der Waals surface area contributed by atoms with Gasteiger partial charge < -0.3 is 10.1 Å². The number of benzene rings is 1. The van der Waals surface area contributed by atoms with E-state index in [1.165, 1.54) is 29.3 Å². The molecule has 0 spiro atoms. The second-order valence-electron chi connectivity index (χ2n) is 7.24. The lowest BCUT2D eigenvalue weighted by Gasteiger charge is -2.27. The second-order valence-corrected chi connectivity index (χ2v) is 8.10. The number of hydrogen-bond acceptors (Lipinski definition) is 2. The molecule has 2 nitrogen and oxygen atoms in total. The van der Waals surface area contributed by atoms with E-state index < -0.39 is 0 Å². The van der Waals surface area contributed by atoms with Gasteiger partial charge in [-0.15, -0.1) is 0 Å². The van der Waals surface area contributed by atoms with Crippen LogP contribution in [0.5, 0.6) is 5.75 Å². The summed E-state index contributed by atoms with van der Waals surface area (Å²) >= 11 is 3.69. The molecule has 2 rings (SSSR count). The van der Waals surface area contributed by atoms with E-state index in [4.69, 9.17) is 4.74 Å². The molecule has 2 atom stereocenters. The van der Waals surface area contributed by atoms with E-state index in [0.717, 1.165) is 30.6 Å². The zero-order valence-electron chi connectivity index (χ0n) is 13.7. The third kappa shape index (κ3) is 5.00. The molecule has 1 saturated carbocycles. The van der Waals surface area contributed by atoms with Crippen LogP contribution in [0.25, 0.3) is 0 Å². The van der Waals surface area contributed by atoms with Crippen LogP contribution in [0, 0.1) is 11.8 Å². The molecule has 0 amide bonds. The van der Waals surface area contributed by atoms with E-state index in [9.17, 15) is 0 Å². The van der Waals surface area contributed by atoms with E-state index in [-0.39, 0.29) is 5.54 Å². The molecule has 0 aliphatic heterocycles. The third-order valence-electron chi connectivity index (χ3n) is 4.45. The zero-order valence-corrected chi connectivity index (χ0v) is 15.3. The van der Waals surface area contributed by atoms with Gasteiger partial charge in [-0.3, -0.25) is 0 Å². The first-order chi connectivity index (χ1) is 9.89. The maximum Gasteiger partial charge on any atom is 0.119 e. The van der Waals surface area contributed by atoms with Crippen molar-refractivity contribution in [3.63, 3.8) is 0 Å². The van der Waals surface area contributed by atoms with Crippen molar-refractivity contribution >= 4 is 15.9 Å². The number of nitrogens with one attached hydrogen (secondary N) is 1. The molecule has 0 bridgehead atoms. The number of halogens is 1. The highest BCUT2D eigenvalue weighted by Crippen LogP contribution is 2.36. The maximum atomic E-state index is 5.36. The van der Waals surface area contributed by atoms with Crippen molar-refractivity contribution < 1.29 is 4.74 Å². The first-order valence-electron chi connectivity index (χ1n) is 7.96. The van der Waals surface area contributed by atoms with E-state index in [2.05, 4.69) is 54.2 Å². The third-order valence-corrected chi connectivity index (χ3v) is 5.22. The van der Waals surface area contributed by atoms with Gasteiger partial charge in [0.2, 0.25) is 0 Å². The van der Waals surface area contributed by atoms with Crippen LogP contribution in [-0.2, 0) is 6.42 Å². The first-order valence-corrected chi connectivity index (χ1v) is 8.76. The topological polar surface area (TPSA) is 21.3 Å². The van der Waals surface area contributed by atoms with Gasteiger partial charge in [-0.25, -0.2) is 0 Å². The molecule has 1 N–H and O–H groups in total. The molecule has 0 saturated heterocycles. The highest BCUT2D eigenvalue weighted by molar-refractivity contribution is 9.10. The van der Waals surface area contributed by atoms with Gasteiger partial charge >= 0.3 is 0 Å². The Balaban J connectivity index is 2.01. The molecule has 21 heavy (non-hydrogen) atoms. The fraction of sp³-hybridized carbons (Fsp3) is 0.667. The Hall–Kier alpha value is -0.540. The van der Waals surface area contributed by atoms with E-state index in [1.807, 2.05) is 6.07 Å². The van der Waals surface area contributed by atoms with Crippen LogP contribution in [0.1, 0.15) is 45.6 Å². The summed E-state index contributed by atoms with van der Waals surface area (Å²) in [7, 11) is 1.73. The predicted molar refractivity (Wildman–Crippen MR) is 93.0 cm³/mol. The Kier molecular flexibility index (Phi) is 5.73. The van der Waals surface area contributed by atoms with Crippen molar-refractivity contribution in [2.45, 2.75) is 52.0 Å². The first kappa shape index (κ1) is 16.8. The SMILES string of the molecule is COc1ccc(Br)c(CC2CCCC2CNC(C)(C)C)c1. The average molecular weight is 354 g/mol. The summed E-state index contributed by atoms with van der Waals surface area (Å²) < 4.78 is 6.57. The molecule has 0 heterocycles. The molecule has 0 radical (unpaired) electrons. The van der Waals surface area contributed by atoms with Gasteiger partial charge in [0.15, 0.2) is 0 Å². The molecular formula is C18H28BrNO. The lowest BCUT2D eigenvalue weighted by molar-refractivity contribution is 0.316. The second kappa shape index (κ2) is 7.15. The molecule has 1 aromatic rings. The summed E-state index contributed by atoms with van der Waals surface area (Å²) in [5.74, 6) is 2.53. The number of methoxy groups -OCH3 is 1. The molecule has 1 aliphatic rings. The fourth-order valence-corrected chi connectivity index (χ4v) is 3.61. The standard InChI is InChI=1S/C18H28BrNO/c1-18(2,3)20-12-14-7-5-6-13(14)10-15-11-16(21-4)8-9-17(15)19/h8-9,11,13-14,20H,5-7,10,12H2,1-4H3. The summed E-state index contributed by atoms with van der Waals surface area (Å²) in [5, 5.41) is 3.68.